The summed E-state index contributed by atoms with van der Waals surface area (Å²) >= 11 is 0. The molecule has 0 aromatic carbocycles. The molecule has 2 unspecified atom stereocenters. The fraction of sp³-hybridized carbons (Fsp3) is 0.611. The van der Waals surface area contributed by atoms with E-state index in [1.165, 1.54) is 54.9 Å². The van der Waals surface area contributed by atoms with E-state index in [4.69, 9.17) is 0 Å². The summed E-state index contributed by atoms with van der Waals surface area (Å²) in [6.07, 6.45) is 7.26. The second-order valence-corrected chi connectivity index (χ2v) is 7.63. The first kappa shape index (κ1) is 14.4. The topological polar surface area (TPSA) is 60.9 Å². The molecule has 6 nitrogen and oxygen atoms in total. The van der Waals surface area contributed by atoms with Gasteiger partial charge in [-0.2, -0.15) is 5.10 Å². The Labute approximate surface area is 142 Å². The third kappa shape index (κ3) is 2.32. The third-order valence-corrected chi connectivity index (χ3v) is 5.99. The summed E-state index contributed by atoms with van der Waals surface area (Å²) in [5.41, 5.74) is 5.37. The molecule has 2 saturated heterocycles. The number of hydrogen-bond acceptors (Lipinski definition) is 5. The van der Waals surface area contributed by atoms with E-state index < -0.39 is 0 Å². The lowest BCUT2D eigenvalue weighted by atomic mass is 10.0. The normalized spacial score (nSPS) is 26.1. The molecule has 1 aliphatic carbocycles. The molecular weight excluding hydrogens is 300 g/mol. The van der Waals surface area contributed by atoms with Crippen LogP contribution < -0.4 is 4.90 Å². The van der Waals surface area contributed by atoms with Crippen LogP contribution in [0, 0.1) is 18.8 Å². The van der Waals surface area contributed by atoms with Gasteiger partial charge in [0.1, 0.15) is 12.1 Å². The van der Waals surface area contributed by atoms with E-state index in [1.807, 2.05) is 6.20 Å². The molecule has 126 valence electrons. The van der Waals surface area contributed by atoms with E-state index in [0.29, 0.717) is 0 Å². The average molecular weight is 324 g/mol. The number of fused-ring (bicyclic) bond motifs is 2. The number of aromatic nitrogens is 4. The predicted octanol–water partition coefficient (Wildman–Crippen LogP) is 1.57. The van der Waals surface area contributed by atoms with Crippen LogP contribution in [0.5, 0.6) is 0 Å². The lowest BCUT2D eigenvalue weighted by Crippen LogP contribution is -2.29. The van der Waals surface area contributed by atoms with Crippen LogP contribution in [0.25, 0.3) is 0 Å². The van der Waals surface area contributed by atoms with E-state index in [1.54, 1.807) is 6.33 Å². The van der Waals surface area contributed by atoms with Gasteiger partial charge in [0, 0.05) is 50.2 Å². The van der Waals surface area contributed by atoms with E-state index >= 15 is 0 Å². The number of nitrogens with one attached hydrogen (secondary N) is 1. The first-order chi connectivity index (χ1) is 11.8. The van der Waals surface area contributed by atoms with Gasteiger partial charge in [-0.25, -0.2) is 9.97 Å². The van der Waals surface area contributed by atoms with Crippen LogP contribution >= 0.6 is 0 Å². The van der Waals surface area contributed by atoms with Crippen LogP contribution in [0.2, 0.25) is 0 Å². The molecule has 0 spiro atoms. The smallest absolute Gasteiger partial charge is 0.134 e. The zero-order valence-electron chi connectivity index (χ0n) is 14.2. The zero-order valence-corrected chi connectivity index (χ0v) is 14.2. The zero-order chi connectivity index (χ0) is 16.1. The molecule has 2 aromatic heterocycles. The number of aromatic amines is 1. The molecule has 0 bridgehead atoms. The first-order valence-corrected chi connectivity index (χ1v) is 9.07. The standard InChI is InChI=1S/C18H24N6/c1-12-5-19-11-20-18(12)24-8-13-6-23(7-14(13)9-24)10-17-15-3-2-4-16(15)21-22-17/h5,11,13-14H,2-4,6-10H2,1H3,(H,21,22). The lowest BCUT2D eigenvalue weighted by Gasteiger charge is -2.23. The molecule has 2 aliphatic heterocycles. The van der Waals surface area contributed by atoms with Crippen molar-refractivity contribution in [3.8, 4) is 0 Å². The number of anilines is 1. The lowest BCUT2D eigenvalue weighted by molar-refractivity contribution is 0.304. The molecule has 0 amide bonds. The van der Waals surface area contributed by atoms with E-state index in [9.17, 15) is 0 Å². The molecule has 0 saturated carbocycles. The Morgan fingerprint density at radius 3 is 2.79 bits per heavy atom. The number of nitrogens with zero attached hydrogens (tertiary/aromatic N) is 5. The highest BCUT2D eigenvalue weighted by Crippen LogP contribution is 2.35. The monoisotopic (exact) mass is 324 g/mol. The summed E-state index contributed by atoms with van der Waals surface area (Å²) in [5, 5.41) is 7.82. The van der Waals surface area contributed by atoms with Gasteiger partial charge in [0.05, 0.1) is 5.69 Å². The summed E-state index contributed by atoms with van der Waals surface area (Å²) < 4.78 is 0. The number of H-pyrrole nitrogens is 1. The number of rotatable bonds is 3. The highest BCUT2D eigenvalue weighted by atomic mass is 15.3. The molecule has 2 aromatic rings. The molecular formula is C18H24N6. The van der Waals surface area contributed by atoms with Gasteiger partial charge >= 0.3 is 0 Å². The maximum absolute atomic E-state index is 4.58. The van der Waals surface area contributed by atoms with E-state index in [2.05, 4.69) is 36.9 Å². The molecule has 0 radical (unpaired) electrons. The molecule has 4 heterocycles. The molecule has 2 fully saturated rings. The molecule has 24 heavy (non-hydrogen) atoms. The van der Waals surface area contributed by atoms with Crippen molar-refractivity contribution in [2.75, 3.05) is 31.1 Å². The van der Waals surface area contributed by atoms with E-state index in [0.717, 1.165) is 37.3 Å². The minimum Gasteiger partial charge on any atom is -0.356 e. The van der Waals surface area contributed by atoms with Gasteiger partial charge in [0.15, 0.2) is 0 Å². The summed E-state index contributed by atoms with van der Waals surface area (Å²) in [5.74, 6) is 2.63. The minimum absolute atomic E-state index is 0.756. The Balaban J connectivity index is 1.25. The van der Waals surface area contributed by atoms with Crippen molar-refractivity contribution in [2.45, 2.75) is 32.7 Å². The largest absolute Gasteiger partial charge is 0.356 e. The molecule has 2 atom stereocenters. The van der Waals surface area contributed by atoms with Crippen LogP contribution in [-0.2, 0) is 19.4 Å². The van der Waals surface area contributed by atoms with Crippen LogP contribution in [0.15, 0.2) is 12.5 Å². The SMILES string of the molecule is Cc1cncnc1N1CC2CN(Cc3n[nH]c4c3CCC4)CC2C1. The van der Waals surface area contributed by atoms with Crippen molar-refractivity contribution in [2.24, 2.45) is 11.8 Å². The molecule has 1 N–H and O–H groups in total. The highest BCUT2D eigenvalue weighted by molar-refractivity contribution is 5.46. The second-order valence-electron chi connectivity index (χ2n) is 7.63. The second kappa shape index (κ2) is 5.55. The number of likely N-dealkylation sites (tertiary alicyclic amines) is 1. The Hall–Kier alpha value is -1.95. The van der Waals surface area contributed by atoms with Gasteiger partial charge in [-0.1, -0.05) is 0 Å². The summed E-state index contributed by atoms with van der Waals surface area (Å²) in [6, 6.07) is 0. The summed E-state index contributed by atoms with van der Waals surface area (Å²) in [6.45, 7) is 7.74. The van der Waals surface area contributed by atoms with Gasteiger partial charge in [0.25, 0.3) is 0 Å². The molecule has 5 rings (SSSR count). The molecule has 3 aliphatic rings. The summed E-state index contributed by atoms with van der Waals surface area (Å²) in [4.78, 5) is 13.7. The fourth-order valence-electron chi connectivity index (χ4n) is 4.85. The van der Waals surface area contributed by atoms with Crippen molar-refractivity contribution in [3.05, 3.63) is 35.0 Å². The van der Waals surface area contributed by atoms with Crippen LogP contribution in [0.4, 0.5) is 5.82 Å². The fourth-order valence-corrected chi connectivity index (χ4v) is 4.85. The maximum atomic E-state index is 4.58. The number of hydrogen-bond donors (Lipinski definition) is 1. The average Bonchev–Trinajstić information content (AvgIpc) is 3.29. The predicted molar refractivity (Wildman–Crippen MR) is 91.9 cm³/mol. The Morgan fingerprint density at radius 2 is 2.00 bits per heavy atom. The van der Waals surface area contributed by atoms with Gasteiger partial charge in [-0.05, 0) is 43.6 Å². The minimum atomic E-state index is 0.756. The highest BCUT2D eigenvalue weighted by Gasteiger charge is 2.41. The maximum Gasteiger partial charge on any atom is 0.134 e. The summed E-state index contributed by atoms with van der Waals surface area (Å²) in [7, 11) is 0. The van der Waals surface area contributed by atoms with Crippen molar-refractivity contribution in [1.29, 1.82) is 0 Å². The van der Waals surface area contributed by atoms with Crippen LogP contribution in [0.3, 0.4) is 0 Å². The van der Waals surface area contributed by atoms with Gasteiger partial charge < -0.3 is 4.90 Å². The van der Waals surface area contributed by atoms with Crippen LogP contribution in [0.1, 0.15) is 28.9 Å². The first-order valence-electron chi connectivity index (χ1n) is 9.07. The Kier molecular flexibility index (Phi) is 3.33. The Bertz CT molecular complexity index is 740. The van der Waals surface area contributed by atoms with Gasteiger partial charge in [-0.3, -0.25) is 10.00 Å². The van der Waals surface area contributed by atoms with E-state index in [-0.39, 0.29) is 0 Å². The molecule has 6 heteroatoms. The van der Waals surface area contributed by atoms with Crippen molar-refractivity contribution < 1.29 is 0 Å². The van der Waals surface area contributed by atoms with Crippen LogP contribution in [-0.4, -0.2) is 51.2 Å². The van der Waals surface area contributed by atoms with Crippen molar-refractivity contribution >= 4 is 5.82 Å². The van der Waals surface area contributed by atoms with Crippen molar-refractivity contribution in [1.82, 2.24) is 25.1 Å². The van der Waals surface area contributed by atoms with Gasteiger partial charge in [-0.15, -0.1) is 0 Å². The van der Waals surface area contributed by atoms with Gasteiger partial charge in [0.2, 0.25) is 0 Å². The quantitative estimate of drug-likeness (QED) is 0.928. The van der Waals surface area contributed by atoms with Crippen molar-refractivity contribution in [3.63, 3.8) is 0 Å². The third-order valence-electron chi connectivity index (χ3n) is 5.99. The number of aryl methyl sites for hydroxylation is 2. The Morgan fingerprint density at radius 1 is 1.17 bits per heavy atom.